The summed E-state index contributed by atoms with van der Waals surface area (Å²) >= 11 is 0. The summed E-state index contributed by atoms with van der Waals surface area (Å²) in [5, 5.41) is 0. The fraction of sp³-hybridized carbons (Fsp3) is 0.632. The molecular weight excluding hydrogens is 348 g/mol. The zero-order valence-corrected chi connectivity index (χ0v) is 15.4. The SMILES string of the molecule is COCCN1C[C@]23C=C[C@H](O2)[C@@H](C(=O)N2CCCn4cncc4C2)[C@@H]3C1=O. The lowest BCUT2D eigenvalue weighted by molar-refractivity contribution is -0.143. The van der Waals surface area contributed by atoms with Crippen LogP contribution in [0.4, 0.5) is 0 Å². The van der Waals surface area contributed by atoms with Gasteiger partial charge in [-0.3, -0.25) is 9.59 Å². The first-order chi connectivity index (χ1) is 13.1. The van der Waals surface area contributed by atoms with Crippen molar-refractivity contribution in [2.75, 3.05) is 33.4 Å². The van der Waals surface area contributed by atoms with Crippen LogP contribution >= 0.6 is 0 Å². The minimum atomic E-state index is -0.649. The predicted octanol–water partition coefficient (Wildman–Crippen LogP) is 0.0438. The van der Waals surface area contributed by atoms with E-state index in [4.69, 9.17) is 9.47 Å². The van der Waals surface area contributed by atoms with Crippen molar-refractivity contribution in [2.24, 2.45) is 11.8 Å². The molecule has 2 bridgehead atoms. The number of imidazole rings is 1. The first-order valence-electron chi connectivity index (χ1n) is 9.56. The molecule has 5 rings (SSSR count). The summed E-state index contributed by atoms with van der Waals surface area (Å²) in [5.74, 6) is -0.834. The third kappa shape index (κ3) is 2.46. The van der Waals surface area contributed by atoms with Crippen molar-refractivity contribution in [3.63, 3.8) is 0 Å². The normalized spacial score (nSPS) is 34.1. The Morgan fingerprint density at radius 3 is 3.19 bits per heavy atom. The van der Waals surface area contributed by atoms with E-state index in [0.717, 1.165) is 18.7 Å². The molecule has 0 aromatic carbocycles. The number of nitrogens with zero attached hydrogens (tertiary/aromatic N) is 4. The van der Waals surface area contributed by atoms with E-state index in [1.807, 2.05) is 29.6 Å². The van der Waals surface area contributed by atoms with Gasteiger partial charge in [-0.15, -0.1) is 0 Å². The van der Waals surface area contributed by atoms with Crippen molar-refractivity contribution in [1.29, 1.82) is 0 Å². The van der Waals surface area contributed by atoms with Gasteiger partial charge in [-0.2, -0.15) is 0 Å². The topological polar surface area (TPSA) is 76.9 Å². The van der Waals surface area contributed by atoms with E-state index < -0.39 is 17.4 Å². The molecule has 5 heterocycles. The fourth-order valence-electron chi connectivity index (χ4n) is 5.04. The maximum Gasteiger partial charge on any atom is 0.230 e. The smallest absolute Gasteiger partial charge is 0.230 e. The summed E-state index contributed by atoms with van der Waals surface area (Å²) in [6.07, 6.45) is 8.17. The zero-order chi connectivity index (χ0) is 18.6. The molecule has 1 spiro atoms. The standard InChI is InChI=1S/C19H24N4O4/c1-26-8-7-22-11-19-4-3-14(27-19)15(16(19)18(22)25)17(24)21-5-2-6-23-12-20-9-13(23)10-21/h3-4,9,12,14-16H,2,5-8,10-11H2,1H3/t14-,15+,16+,19-/m0/s1. The number of aromatic nitrogens is 2. The van der Waals surface area contributed by atoms with Crippen LogP contribution in [-0.4, -0.2) is 76.2 Å². The number of carbonyl (C=O) groups is 2. The van der Waals surface area contributed by atoms with Crippen molar-refractivity contribution in [2.45, 2.75) is 31.2 Å². The van der Waals surface area contributed by atoms with Crippen molar-refractivity contribution in [1.82, 2.24) is 19.4 Å². The van der Waals surface area contributed by atoms with E-state index in [2.05, 4.69) is 9.55 Å². The van der Waals surface area contributed by atoms with Gasteiger partial charge in [0.25, 0.3) is 0 Å². The number of amides is 2. The number of methoxy groups -OCH3 is 1. The molecule has 27 heavy (non-hydrogen) atoms. The Morgan fingerprint density at radius 1 is 1.44 bits per heavy atom. The highest BCUT2D eigenvalue weighted by atomic mass is 16.5. The van der Waals surface area contributed by atoms with Crippen LogP contribution in [0, 0.1) is 11.8 Å². The molecule has 8 heteroatoms. The minimum Gasteiger partial charge on any atom is -0.383 e. The molecule has 144 valence electrons. The molecule has 2 fully saturated rings. The van der Waals surface area contributed by atoms with Crippen molar-refractivity contribution in [3.8, 4) is 0 Å². The second-order valence-corrected chi connectivity index (χ2v) is 7.84. The first kappa shape index (κ1) is 16.9. The molecule has 4 aliphatic heterocycles. The Balaban J connectivity index is 1.40. The zero-order valence-electron chi connectivity index (χ0n) is 15.4. The van der Waals surface area contributed by atoms with Gasteiger partial charge >= 0.3 is 0 Å². The fourth-order valence-corrected chi connectivity index (χ4v) is 5.04. The molecule has 8 nitrogen and oxygen atoms in total. The molecule has 1 aromatic rings. The Labute approximate surface area is 157 Å². The highest BCUT2D eigenvalue weighted by Crippen LogP contribution is 2.52. The second kappa shape index (κ2) is 6.17. The maximum absolute atomic E-state index is 13.5. The van der Waals surface area contributed by atoms with Crippen LogP contribution in [0.5, 0.6) is 0 Å². The number of hydrogen-bond donors (Lipinski definition) is 0. The van der Waals surface area contributed by atoms with E-state index in [-0.39, 0.29) is 17.9 Å². The van der Waals surface area contributed by atoms with Gasteiger partial charge in [0.15, 0.2) is 0 Å². The molecule has 2 amide bonds. The van der Waals surface area contributed by atoms with Crippen LogP contribution in [0.1, 0.15) is 12.1 Å². The maximum atomic E-state index is 13.5. The Morgan fingerprint density at radius 2 is 2.33 bits per heavy atom. The summed E-state index contributed by atoms with van der Waals surface area (Å²) < 4.78 is 13.4. The number of aryl methyl sites for hydroxylation is 1. The second-order valence-electron chi connectivity index (χ2n) is 7.84. The molecule has 1 aromatic heterocycles. The van der Waals surface area contributed by atoms with E-state index >= 15 is 0 Å². The van der Waals surface area contributed by atoms with Crippen LogP contribution < -0.4 is 0 Å². The molecular formula is C19H24N4O4. The Kier molecular flexibility index (Phi) is 3.87. The third-order valence-corrected chi connectivity index (χ3v) is 6.32. The summed E-state index contributed by atoms with van der Waals surface area (Å²) in [6, 6.07) is 0. The Bertz CT molecular complexity index is 805. The number of likely N-dealkylation sites (tertiary alicyclic amines) is 1. The Hall–Kier alpha value is -2.19. The summed E-state index contributed by atoms with van der Waals surface area (Å²) in [7, 11) is 1.62. The highest BCUT2D eigenvalue weighted by Gasteiger charge is 2.67. The predicted molar refractivity (Wildman–Crippen MR) is 94.4 cm³/mol. The lowest BCUT2D eigenvalue weighted by atomic mass is 9.76. The molecule has 0 aliphatic carbocycles. The van der Waals surface area contributed by atoms with Gasteiger partial charge < -0.3 is 23.8 Å². The van der Waals surface area contributed by atoms with E-state index in [1.54, 1.807) is 12.0 Å². The van der Waals surface area contributed by atoms with Gasteiger partial charge in [-0.1, -0.05) is 12.2 Å². The van der Waals surface area contributed by atoms with E-state index in [1.165, 1.54) is 0 Å². The largest absolute Gasteiger partial charge is 0.383 e. The van der Waals surface area contributed by atoms with Crippen LogP contribution in [0.15, 0.2) is 24.7 Å². The summed E-state index contributed by atoms with van der Waals surface area (Å²) in [5.41, 5.74) is 0.387. The van der Waals surface area contributed by atoms with E-state index in [0.29, 0.717) is 32.8 Å². The molecule has 0 saturated carbocycles. The molecule has 0 radical (unpaired) electrons. The van der Waals surface area contributed by atoms with Gasteiger partial charge in [0.05, 0.1) is 49.7 Å². The van der Waals surface area contributed by atoms with E-state index in [9.17, 15) is 9.59 Å². The van der Waals surface area contributed by atoms with Crippen molar-refractivity contribution >= 4 is 11.8 Å². The summed E-state index contributed by atoms with van der Waals surface area (Å²) in [6.45, 7) is 3.60. The van der Waals surface area contributed by atoms with Gasteiger partial charge in [0.1, 0.15) is 5.60 Å². The van der Waals surface area contributed by atoms with Crippen LogP contribution in [0.2, 0.25) is 0 Å². The van der Waals surface area contributed by atoms with Crippen LogP contribution in [0.3, 0.4) is 0 Å². The number of rotatable bonds is 4. The third-order valence-electron chi connectivity index (χ3n) is 6.32. The number of hydrogen-bond acceptors (Lipinski definition) is 5. The number of carbonyl (C=O) groups excluding carboxylic acids is 2. The molecule has 4 atom stereocenters. The number of fused-ring (bicyclic) bond motifs is 2. The quantitative estimate of drug-likeness (QED) is 0.698. The lowest BCUT2D eigenvalue weighted by Gasteiger charge is -2.29. The van der Waals surface area contributed by atoms with Crippen molar-refractivity contribution in [3.05, 3.63) is 30.4 Å². The average Bonchev–Trinajstić information content (AvgIpc) is 3.38. The summed E-state index contributed by atoms with van der Waals surface area (Å²) in [4.78, 5) is 34.4. The highest BCUT2D eigenvalue weighted by molar-refractivity contribution is 5.93. The van der Waals surface area contributed by atoms with Gasteiger partial charge in [0.2, 0.25) is 11.8 Å². The molecule has 4 aliphatic rings. The van der Waals surface area contributed by atoms with Gasteiger partial charge in [0, 0.05) is 32.9 Å². The monoisotopic (exact) mass is 372 g/mol. The van der Waals surface area contributed by atoms with Gasteiger partial charge in [-0.05, 0) is 6.42 Å². The van der Waals surface area contributed by atoms with Crippen LogP contribution in [-0.2, 0) is 32.2 Å². The van der Waals surface area contributed by atoms with Crippen LogP contribution in [0.25, 0.3) is 0 Å². The first-order valence-corrected chi connectivity index (χ1v) is 9.56. The molecule has 0 unspecified atom stereocenters. The lowest BCUT2D eigenvalue weighted by Crippen LogP contribution is -2.46. The van der Waals surface area contributed by atoms with Gasteiger partial charge in [-0.25, -0.2) is 4.98 Å². The minimum absolute atomic E-state index is 0.0112. The van der Waals surface area contributed by atoms with Crippen molar-refractivity contribution < 1.29 is 19.1 Å². The average molecular weight is 372 g/mol. The molecule has 0 N–H and O–H groups in total. The number of ether oxygens (including phenoxy) is 2. The molecule has 2 saturated heterocycles.